The molecule has 2 aliphatic heterocycles. The molecule has 2 aromatic carbocycles. The van der Waals surface area contributed by atoms with Gasteiger partial charge in [-0.3, -0.25) is 19.1 Å². The van der Waals surface area contributed by atoms with Gasteiger partial charge in [0.05, 0.1) is 31.2 Å². The second-order valence-electron chi connectivity index (χ2n) is 17.1. The number of alkyl carbamates (subject to hydrolysis) is 1. The topological polar surface area (TPSA) is 195 Å². The lowest BCUT2D eigenvalue weighted by atomic mass is 10.1. The highest BCUT2D eigenvalue weighted by Gasteiger charge is 2.62. The molecule has 0 bridgehead atoms. The lowest BCUT2D eigenvalue weighted by molar-refractivity contribution is -0.141. The molecule has 2 aliphatic carbocycles. The number of fused-ring (bicyclic) bond motifs is 3. The van der Waals surface area contributed by atoms with Crippen molar-refractivity contribution in [2.24, 2.45) is 5.92 Å². The van der Waals surface area contributed by atoms with Crippen LogP contribution >= 0.6 is 0 Å². The van der Waals surface area contributed by atoms with Crippen LogP contribution in [-0.2, 0) is 33.9 Å². The van der Waals surface area contributed by atoms with E-state index >= 15 is 0 Å². The predicted octanol–water partition coefficient (Wildman–Crippen LogP) is 4.07. The van der Waals surface area contributed by atoms with Crippen molar-refractivity contribution in [3.8, 4) is 22.9 Å². The molecular weight excluding hydrogens is 793 g/mol. The van der Waals surface area contributed by atoms with Crippen LogP contribution in [0.25, 0.3) is 22.0 Å². The van der Waals surface area contributed by atoms with Crippen molar-refractivity contribution in [1.29, 1.82) is 0 Å². The summed E-state index contributed by atoms with van der Waals surface area (Å²) in [7, 11) is 1.57. The van der Waals surface area contributed by atoms with E-state index in [0.717, 1.165) is 16.6 Å². The first-order valence-electron chi connectivity index (χ1n) is 20.3. The van der Waals surface area contributed by atoms with Crippen LogP contribution in [0.2, 0.25) is 0 Å². The molecule has 4 amide bonds. The Bertz CT molecular complexity index is 2270. The van der Waals surface area contributed by atoms with Crippen LogP contribution in [0.15, 0.2) is 60.7 Å². The van der Waals surface area contributed by atoms with E-state index in [2.05, 4.69) is 15.4 Å². The van der Waals surface area contributed by atoms with Crippen molar-refractivity contribution in [2.75, 3.05) is 45.9 Å². The Morgan fingerprint density at radius 3 is 2.47 bits per heavy atom. The van der Waals surface area contributed by atoms with Crippen LogP contribution in [0, 0.1) is 5.92 Å². The van der Waals surface area contributed by atoms with E-state index in [0.29, 0.717) is 36.1 Å². The monoisotopic (exact) mass is 846 g/mol. The summed E-state index contributed by atoms with van der Waals surface area (Å²) in [5.41, 5.74) is 0.0592. The third kappa shape index (κ3) is 9.62. The minimum atomic E-state index is -3.93. The zero-order valence-electron chi connectivity index (χ0n) is 34.9. The third-order valence-corrected chi connectivity index (χ3v) is 12.9. The molecule has 5 atom stereocenters. The molecule has 60 heavy (non-hydrogen) atoms. The highest BCUT2D eigenvalue weighted by molar-refractivity contribution is 7.91. The molecule has 3 aromatic rings. The van der Waals surface area contributed by atoms with Crippen molar-refractivity contribution < 1.29 is 46.5 Å². The summed E-state index contributed by atoms with van der Waals surface area (Å²) in [5, 5.41) is 6.37. The van der Waals surface area contributed by atoms with Gasteiger partial charge in [-0.25, -0.2) is 18.2 Å². The number of hydrogen-bond donors (Lipinski definition) is 3. The van der Waals surface area contributed by atoms with Gasteiger partial charge in [-0.05, 0) is 88.2 Å². The summed E-state index contributed by atoms with van der Waals surface area (Å²) in [6.45, 7) is 5.44. The maximum Gasteiger partial charge on any atom is 0.408 e. The fourth-order valence-electron chi connectivity index (χ4n) is 7.62. The fourth-order valence-corrected chi connectivity index (χ4v) is 8.99. The van der Waals surface area contributed by atoms with Gasteiger partial charge in [0.1, 0.15) is 35.1 Å². The van der Waals surface area contributed by atoms with Crippen molar-refractivity contribution in [3.05, 3.63) is 60.7 Å². The number of rotatable bonds is 9. The van der Waals surface area contributed by atoms with Crippen molar-refractivity contribution >= 4 is 50.3 Å². The summed E-state index contributed by atoms with van der Waals surface area (Å²) in [6, 6.07) is 13.0. The second kappa shape index (κ2) is 16.9. The van der Waals surface area contributed by atoms with Crippen LogP contribution in [0.4, 0.5) is 10.5 Å². The van der Waals surface area contributed by atoms with Gasteiger partial charge in [-0.15, -0.1) is 0 Å². The normalized spacial score (nSPS) is 24.9. The summed E-state index contributed by atoms with van der Waals surface area (Å²) >= 11 is 0. The average molecular weight is 847 g/mol. The smallest absolute Gasteiger partial charge is 0.408 e. The number of anilines is 1. The molecule has 4 aliphatic rings. The van der Waals surface area contributed by atoms with Crippen LogP contribution < -0.4 is 29.7 Å². The Kier molecular flexibility index (Phi) is 12.0. The number of aromatic nitrogens is 1. The van der Waals surface area contributed by atoms with E-state index in [-0.39, 0.29) is 44.9 Å². The molecule has 3 fully saturated rings. The number of methoxy groups -OCH3 is 1. The minimum Gasteiger partial charge on any atom is -0.497 e. The Hall–Kier alpha value is -5.42. The highest BCUT2D eigenvalue weighted by atomic mass is 32.2. The van der Waals surface area contributed by atoms with Gasteiger partial charge in [-0.1, -0.05) is 24.3 Å². The van der Waals surface area contributed by atoms with Crippen LogP contribution in [-0.4, -0.2) is 118 Å². The summed E-state index contributed by atoms with van der Waals surface area (Å²) in [4.78, 5) is 64.4. The van der Waals surface area contributed by atoms with Crippen LogP contribution in [0.5, 0.6) is 11.6 Å². The molecule has 0 spiro atoms. The number of benzene rings is 2. The van der Waals surface area contributed by atoms with Gasteiger partial charge < -0.3 is 39.4 Å². The molecule has 2 saturated carbocycles. The number of carbonyl (C=O) groups is 4. The maximum atomic E-state index is 14.6. The van der Waals surface area contributed by atoms with Crippen molar-refractivity contribution in [3.63, 3.8) is 0 Å². The first-order valence-corrected chi connectivity index (χ1v) is 21.9. The Morgan fingerprint density at radius 2 is 1.78 bits per heavy atom. The lowest BCUT2D eigenvalue weighted by Crippen LogP contribution is -2.58. The number of sulfonamides is 1. The van der Waals surface area contributed by atoms with Crippen molar-refractivity contribution in [2.45, 2.75) is 93.9 Å². The first kappa shape index (κ1) is 42.7. The molecule has 16 nitrogen and oxygen atoms in total. The second-order valence-corrected chi connectivity index (χ2v) is 19.0. The standard InChI is InChI=1S/C43H54N6O10S/c1-42(2,3)59-41(53)45-34-18-20-57-19-8-7-9-28-24-43(28,40(52)47-60(54,55)32-15-16-32)46-37(50)36-23-31(25-49(36)39(34)51)58-38-33-17-14-30(56-6)21-27(33)22-35(44-38)26-10-12-29(13-11-26)48(4)5/h7,9-14,17,21-22,28,31-32,34,36H,8,15-16,18-20,23-25H2,1-6H3,(H,45,53)(H,46,50)(H,47,52)/t28?,31?,34-,36-,43+/m0/s1. The van der Waals surface area contributed by atoms with Gasteiger partial charge >= 0.3 is 6.09 Å². The number of carbonyl (C=O) groups excluding carboxylic acids is 4. The number of nitrogens with one attached hydrogen (secondary N) is 3. The van der Waals surface area contributed by atoms with Gasteiger partial charge in [0.25, 0.3) is 5.91 Å². The van der Waals surface area contributed by atoms with Gasteiger partial charge in [0.15, 0.2) is 0 Å². The minimum absolute atomic E-state index is 0.00705. The van der Waals surface area contributed by atoms with E-state index in [9.17, 15) is 27.6 Å². The quantitative estimate of drug-likeness (QED) is 0.262. The molecule has 17 heteroatoms. The molecule has 0 radical (unpaired) electrons. The number of pyridine rings is 1. The van der Waals surface area contributed by atoms with E-state index in [1.807, 2.05) is 67.5 Å². The van der Waals surface area contributed by atoms with E-state index < -0.39 is 74.3 Å². The molecule has 322 valence electrons. The first-order chi connectivity index (χ1) is 28.5. The number of amides is 4. The van der Waals surface area contributed by atoms with Crippen molar-refractivity contribution in [1.82, 2.24) is 25.2 Å². The van der Waals surface area contributed by atoms with Gasteiger partial charge in [-0.2, -0.15) is 0 Å². The van der Waals surface area contributed by atoms with E-state index in [4.69, 9.17) is 23.9 Å². The van der Waals surface area contributed by atoms with Crippen LogP contribution in [0.1, 0.15) is 59.3 Å². The molecule has 7 rings (SSSR count). The SMILES string of the molecule is COc1ccc2c(OC3C[C@H]4C(=O)N[C@]5(C(=O)NS(=O)(=O)C6CC6)CC5C=CCCOCC[C@H](NC(=O)OC(C)(C)C)C(=O)N4C3)nc(-c3ccc(N(C)C)cc3)cc2c1. The number of nitrogens with zero attached hydrogens (tertiary/aromatic N) is 3. The molecular formula is C43H54N6O10S. The molecule has 2 unspecified atom stereocenters. The predicted molar refractivity (Wildman–Crippen MR) is 224 cm³/mol. The molecule has 3 N–H and O–H groups in total. The summed E-state index contributed by atoms with van der Waals surface area (Å²) < 4.78 is 51.6. The van der Waals surface area contributed by atoms with Gasteiger partial charge in [0.2, 0.25) is 27.7 Å². The fraction of sp³-hybridized carbons (Fsp3) is 0.512. The largest absolute Gasteiger partial charge is 0.497 e. The lowest BCUT2D eigenvalue weighted by Gasteiger charge is -2.30. The third-order valence-electron chi connectivity index (χ3n) is 11.1. The highest BCUT2D eigenvalue weighted by Crippen LogP contribution is 2.46. The van der Waals surface area contributed by atoms with E-state index in [1.54, 1.807) is 40.0 Å². The van der Waals surface area contributed by atoms with Gasteiger partial charge in [0, 0.05) is 56.1 Å². The molecule has 3 heterocycles. The average Bonchev–Trinajstić information content (AvgIpc) is 4.12. The molecule has 1 saturated heterocycles. The van der Waals surface area contributed by atoms with E-state index in [1.165, 1.54) is 4.90 Å². The summed E-state index contributed by atoms with van der Waals surface area (Å²) in [6.07, 6.45) is 3.62. The summed E-state index contributed by atoms with van der Waals surface area (Å²) in [5.74, 6) is -1.67. The zero-order chi connectivity index (χ0) is 43.0. The number of hydrogen-bond acceptors (Lipinski definition) is 12. The molecule has 1 aromatic heterocycles. The maximum absolute atomic E-state index is 14.6. The Balaban J connectivity index is 1.23. The Morgan fingerprint density at radius 1 is 1.03 bits per heavy atom. The van der Waals surface area contributed by atoms with Crippen LogP contribution in [0.3, 0.4) is 0 Å². The zero-order valence-corrected chi connectivity index (χ0v) is 35.7. The Labute approximate surface area is 350 Å². The number of ether oxygens (including phenoxy) is 4.